The predicted molar refractivity (Wildman–Crippen MR) is 99.5 cm³/mol. The first-order valence-corrected chi connectivity index (χ1v) is 9.10. The molecule has 4 rings (SSSR count). The number of hydrogen-bond donors (Lipinski definition) is 0. The van der Waals surface area contributed by atoms with Gasteiger partial charge < -0.3 is 28.4 Å². The number of methoxy groups -OCH3 is 2. The second kappa shape index (κ2) is 7.59. The molecule has 2 aromatic rings. The third-order valence-electron chi connectivity index (χ3n) is 4.90. The number of esters is 1. The molecule has 0 radical (unpaired) electrons. The molecular weight excluding hydrogens is 364 g/mol. The quantitative estimate of drug-likeness (QED) is 0.556. The maximum atomic E-state index is 12.3. The SMILES string of the molecule is CCOC(=O)c1cc2c(cc1OC)O[C@@H]1c3ccc(OCOC)cc3OC[C@H]21. The lowest BCUT2D eigenvalue weighted by Gasteiger charge is -2.28. The smallest absolute Gasteiger partial charge is 0.341 e. The van der Waals surface area contributed by atoms with E-state index in [0.717, 1.165) is 16.9 Å². The van der Waals surface area contributed by atoms with Crippen molar-refractivity contribution in [1.82, 2.24) is 0 Å². The van der Waals surface area contributed by atoms with Gasteiger partial charge in [-0.15, -0.1) is 0 Å². The lowest BCUT2D eigenvalue weighted by atomic mass is 9.88. The lowest BCUT2D eigenvalue weighted by molar-refractivity contribution is 0.0505. The molecular formula is C21H22O7. The molecule has 0 aromatic heterocycles. The van der Waals surface area contributed by atoms with Gasteiger partial charge >= 0.3 is 5.97 Å². The van der Waals surface area contributed by atoms with Gasteiger partial charge in [0.15, 0.2) is 6.79 Å². The predicted octanol–water partition coefficient (Wildman–Crippen LogP) is 3.46. The molecule has 7 nitrogen and oxygen atoms in total. The Balaban J connectivity index is 1.66. The summed E-state index contributed by atoms with van der Waals surface area (Å²) in [5, 5.41) is 0. The fourth-order valence-corrected chi connectivity index (χ4v) is 3.62. The zero-order chi connectivity index (χ0) is 19.7. The maximum Gasteiger partial charge on any atom is 0.341 e. The lowest BCUT2D eigenvalue weighted by Crippen LogP contribution is -2.23. The van der Waals surface area contributed by atoms with E-state index in [1.165, 1.54) is 7.11 Å². The Bertz CT molecular complexity index is 893. The van der Waals surface area contributed by atoms with E-state index in [1.54, 1.807) is 26.2 Å². The van der Waals surface area contributed by atoms with Crippen LogP contribution in [0.1, 0.15) is 40.4 Å². The summed E-state index contributed by atoms with van der Waals surface area (Å²) in [5.41, 5.74) is 2.24. The van der Waals surface area contributed by atoms with Crippen molar-refractivity contribution in [2.24, 2.45) is 0 Å². The number of benzene rings is 2. The molecule has 2 atom stereocenters. The van der Waals surface area contributed by atoms with E-state index in [-0.39, 0.29) is 18.8 Å². The van der Waals surface area contributed by atoms with Gasteiger partial charge in [-0.3, -0.25) is 0 Å². The summed E-state index contributed by atoms with van der Waals surface area (Å²) in [6, 6.07) is 9.17. The third kappa shape index (κ3) is 3.11. The van der Waals surface area contributed by atoms with E-state index in [4.69, 9.17) is 28.4 Å². The summed E-state index contributed by atoms with van der Waals surface area (Å²) < 4.78 is 33.1. The summed E-state index contributed by atoms with van der Waals surface area (Å²) in [4.78, 5) is 12.3. The van der Waals surface area contributed by atoms with Crippen molar-refractivity contribution in [3.63, 3.8) is 0 Å². The highest BCUT2D eigenvalue weighted by Gasteiger charge is 2.42. The highest BCUT2D eigenvalue weighted by Crippen LogP contribution is 2.52. The minimum atomic E-state index is -0.414. The summed E-state index contributed by atoms with van der Waals surface area (Å²) in [7, 11) is 3.09. The van der Waals surface area contributed by atoms with Gasteiger partial charge in [-0.2, -0.15) is 0 Å². The van der Waals surface area contributed by atoms with Gasteiger partial charge in [0, 0.05) is 30.4 Å². The van der Waals surface area contributed by atoms with E-state index < -0.39 is 5.97 Å². The summed E-state index contributed by atoms with van der Waals surface area (Å²) in [6.07, 6.45) is -0.197. The number of carbonyl (C=O) groups is 1. The fraction of sp³-hybridized carbons (Fsp3) is 0.381. The largest absolute Gasteiger partial charge is 0.496 e. The summed E-state index contributed by atoms with van der Waals surface area (Å²) >= 11 is 0. The zero-order valence-corrected chi connectivity index (χ0v) is 16.0. The Morgan fingerprint density at radius 2 is 2.00 bits per heavy atom. The average Bonchev–Trinajstić information content (AvgIpc) is 3.09. The van der Waals surface area contributed by atoms with E-state index in [1.807, 2.05) is 18.2 Å². The Hall–Kier alpha value is -2.93. The number of rotatable bonds is 6. The van der Waals surface area contributed by atoms with Crippen LogP contribution in [0.25, 0.3) is 0 Å². The summed E-state index contributed by atoms with van der Waals surface area (Å²) in [5.74, 6) is 2.08. The van der Waals surface area contributed by atoms with Crippen LogP contribution < -0.4 is 18.9 Å². The molecule has 0 N–H and O–H groups in total. The minimum Gasteiger partial charge on any atom is -0.496 e. The van der Waals surface area contributed by atoms with Crippen LogP contribution in [0.4, 0.5) is 0 Å². The molecule has 2 aliphatic rings. The Labute approximate surface area is 163 Å². The van der Waals surface area contributed by atoms with Gasteiger partial charge in [-0.25, -0.2) is 4.79 Å². The molecule has 0 aliphatic carbocycles. The fourth-order valence-electron chi connectivity index (χ4n) is 3.62. The van der Waals surface area contributed by atoms with Gasteiger partial charge in [0.2, 0.25) is 0 Å². The molecule has 2 aromatic carbocycles. The van der Waals surface area contributed by atoms with Gasteiger partial charge in [0.25, 0.3) is 0 Å². The summed E-state index contributed by atoms with van der Waals surface area (Å²) in [6.45, 7) is 2.68. The molecule has 28 heavy (non-hydrogen) atoms. The molecule has 0 saturated heterocycles. The molecule has 0 bridgehead atoms. The molecule has 0 fully saturated rings. The van der Waals surface area contributed by atoms with E-state index in [0.29, 0.717) is 36.0 Å². The van der Waals surface area contributed by atoms with Gasteiger partial charge in [0.05, 0.1) is 26.2 Å². The van der Waals surface area contributed by atoms with Crippen molar-refractivity contribution in [3.05, 3.63) is 47.0 Å². The second-order valence-corrected chi connectivity index (χ2v) is 6.52. The molecule has 7 heteroatoms. The van der Waals surface area contributed by atoms with E-state index in [2.05, 4.69) is 0 Å². The van der Waals surface area contributed by atoms with E-state index >= 15 is 0 Å². The standard InChI is InChI=1S/C21H22O7/c1-4-25-21(22)15-8-14-16-10-26-18-7-12(27-11-23-2)5-6-13(18)20(16)28-19(14)9-17(15)24-3/h5-9,16,20H,4,10-11H2,1-3H3/t16-,20-/m1/s1. The number of ether oxygens (including phenoxy) is 6. The van der Waals surface area contributed by atoms with Crippen molar-refractivity contribution >= 4 is 5.97 Å². The van der Waals surface area contributed by atoms with Crippen LogP contribution in [0, 0.1) is 0 Å². The molecule has 2 aliphatic heterocycles. The first kappa shape index (κ1) is 18.4. The first-order valence-electron chi connectivity index (χ1n) is 9.10. The molecule has 0 spiro atoms. The molecule has 148 valence electrons. The van der Waals surface area contributed by atoms with Crippen molar-refractivity contribution in [3.8, 4) is 23.0 Å². The maximum absolute atomic E-state index is 12.3. The minimum absolute atomic E-state index is 0.0210. The van der Waals surface area contributed by atoms with Crippen molar-refractivity contribution in [1.29, 1.82) is 0 Å². The molecule has 0 saturated carbocycles. The van der Waals surface area contributed by atoms with Gasteiger partial charge in [0.1, 0.15) is 34.7 Å². The van der Waals surface area contributed by atoms with Crippen molar-refractivity contribution < 1.29 is 33.2 Å². The Kier molecular flexibility index (Phi) is 5.00. The highest BCUT2D eigenvalue weighted by atomic mass is 16.7. The second-order valence-electron chi connectivity index (χ2n) is 6.52. The van der Waals surface area contributed by atoms with Crippen LogP contribution in [0.15, 0.2) is 30.3 Å². The normalized spacial score (nSPS) is 18.8. The van der Waals surface area contributed by atoms with Gasteiger partial charge in [-0.05, 0) is 25.1 Å². The highest BCUT2D eigenvalue weighted by molar-refractivity contribution is 5.93. The molecule has 2 heterocycles. The van der Waals surface area contributed by atoms with Crippen LogP contribution >= 0.6 is 0 Å². The Morgan fingerprint density at radius 1 is 1.14 bits per heavy atom. The van der Waals surface area contributed by atoms with Crippen LogP contribution in [0.5, 0.6) is 23.0 Å². The molecule has 0 unspecified atom stereocenters. The average molecular weight is 386 g/mol. The van der Waals surface area contributed by atoms with Crippen LogP contribution in [0.3, 0.4) is 0 Å². The zero-order valence-electron chi connectivity index (χ0n) is 16.0. The van der Waals surface area contributed by atoms with Crippen LogP contribution in [0.2, 0.25) is 0 Å². The third-order valence-corrected chi connectivity index (χ3v) is 4.90. The number of hydrogen-bond acceptors (Lipinski definition) is 7. The number of carbonyl (C=O) groups excluding carboxylic acids is 1. The van der Waals surface area contributed by atoms with Gasteiger partial charge in [-0.1, -0.05) is 0 Å². The van der Waals surface area contributed by atoms with Crippen LogP contribution in [-0.2, 0) is 9.47 Å². The van der Waals surface area contributed by atoms with Crippen molar-refractivity contribution in [2.75, 3.05) is 34.2 Å². The number of fused-ring (bicyclic) bond motifs is 5. The monoisotopic (exact) mass is 386 g/mol. The van der Waals surface area contributed by atoms with E-state index in [9.17, 15) is 4.79 Å². The topological polar surface area (TPSA) is 72.5 Å². The first-order chi connectivity index (χ1) is 13.7. The Morgan fingerprint density at radius 3 is 2.75 bits per heavy atom. The van der Waals surface area contributed by atoms with Crippen LogP contribution in [-0.4, -0.2) is 40.2 Å². The molecule has 0 amide bonds. The van der Waals surface area contributed by atoms with Crippen molar-refractivity contribution in [2.45, 2.75) is 18.9 Å².